The predicted octanol–water partition coefficient (Wildman–Crippen LogP) is 2.75. The van der Waals surface area contributed by atoms with Crippen molar-refractivity contribution in [2.24, 2.45) is 0 Å². The Bertz CT molecular complexity index is 818. The maximum atomic E-state index is 12.2. The van der Waals surface area contributed by atoms with Crippen LogP contribution in [-0.4, -0.2) is 30.7 Å². The topological polar surface area (TPSA) is 84.9 Å². The molecule has 2 N–H and O–H groups in total. The first-order valence-corrected chi connectivity index (χ1v) is 8.50. The first kappa shape index (κ1) is 17.8. The van der Waals surface area contributed by atoms with Gasteiger partial charge in [-0.3, -0.25) is 4.79 Å². The third-order valence-electron chi connectivity index (χ3n) is 4.48. The predicted molar refractivity (Wildman–Crippen MR) is 95.2 cm³/mol. The molecule has 0 aromatic heterocycles. The van der Waals surface area contributed by atoms with Gasteiger partial charge >= 0.3 is 5.97 Å². The number of aromatic hydroxyl groups is 1. The molecule has 0 radical (unpaired) electrons. The number of phenols is 1. The molecule has 0 bridgehead atoms. The second-order valence-corrected chi connectivity index (χ2v) is 6.14. The van der Waals surface area contributed by atoms with Crippen LogP contribution in [0.4, 0.5) is 0 Å². The van der Waals surface area contributed by atoms with Crippen LogP contribution in [0.1, 0.15) is 40.4 Å². The molecule has 136 valence electrons. The molecule has 0 heterocycles. The average Bonchev–Trinajstić information content (AvgIpc) is 2.66. The molecule has 1 amide bonds. The first-order chi connectivity index (χ1) is 12.6. The lowest BCUT2D eigenvalue weighted by Gasteiger charge is -2.26. The van der Waals surface area contributed by atoms with Crippen LogP contribution >= 0.6 is 0 Å². The van der Waals surface area contributed by atoms with Gasteiger partial charge in [-0.1, -0.05) is 30.3 Å². The molecule has 1 aliphatic carbocycles. The van der Waals surface area contributed by atoms with Gasteiger partial charge in [-0.15, -0.1) is 0 Å². The number of ether oxygens (including phenoxy) is 2. The van der Waals surface area contributed by atoms with Gasteiger partial charge in [0.25, 0.3) is 5.91 Å². The molecule has 2 aromatic carbocycles. The Hall–Kier alpha value is -3.02. The summed E-state index contributed by atoms with van der Waals surface area (Å²) in [7, 11) is 1.39. The Balaban J connectivity index is 1.59. The standard InChI is InChI=1S/C20H21NO5/c1-25-17-11-5-9-15(19(17)23)20(24)26-12-18(22)21-16-10-4-7-13-6-2-3-8-14(13)16/h2-3,5-6,8-9,11,16,23H,4,7,10,12H2,1H3,(H,21,22)/t16-/m0/s1. The van der Waals surface area contributed by atoms with Crippen LogP contribution < -0.4 is 10.1 Å². The van der Waals surface area contributed by atoms with E-state index in [1.54, 1.807) is 6.07 Å². The number of carbonyl (C=O) groups is 2. The molecule has 26 heavy (non-hydrogen) atoms. The molecule has 1 aliphatic rings. The van der Waals surface area contributed by atoms with Crippen LogP contribution in [-0.2, 0) is 16.0 Å². The van der Waals surface area contributed by atoms with Crippen LogP contribution in [0.2, 0.25) is 0 Å². The average molecular weight is 355 g/mol. The number of esters is 1. The summed E-state index contributed by atoms with van der Waals surface area (Å²) in [5.41, 5.74) is 2.31. The number of fused-ring (bicyclic) bond motifs is 1. The smallest absolute Gasteiger partial charge is 0.342 e. The molecular formula is C20H21NO5. The van der Waals surface area contributed by atoms with E-state index in [2.05, 4.69) is 11.4 Å². The minimum Gasteiger partial charge on any atom is -0.504 e. The second kappa shape index (κ2) is 7.91. The number of amides is 1. The zero-order valence-corrected chi connectivity index (χ0v) is 14.5. The van der Waals surface area contributed by atoms with Gasteiger partial charge in [-0.05, 0) is 42.5 Å². The maximum Gasteiger partial charge on any atom is 0.342 e. The molecule has 0 unspecified atom stereocenters. The lowest BCUT2D eigenvalue weighted by Crippen LogP contribution is -2.34. The van der Waals surface area contributed by atoms with Crippen LogP contribution in [0.3, 0.4) is 0 Å². The van der Waals surface area contributed by atoms with Gasteiger partial charge in [-0.25, -0.2) is 4.79 Å². The van der Waals surface area contributed by atoms with Crippen molar-refractivity contribution in [2.45, 2.75) is 25.3 Å². The third-order valence-corrected chi connectivity index (χ3v) is 4.48. The van der Waals surface area contributed by atoms with Crippen molar-refractivity contribution in [1.82, 2.24) is 5.32 Å². The fraction of sp³-hybridized carbons (Fsp3) is 0.300. The van der Waals surface area contributed by atoms with E-state index in [0.717, 1.165) is 24.8 Å². The van der Waals surface area contributed by atoms with E-state index < -0.39 is 12.6 Å². The largest absolute Gasteiger partial charge is 0.504 e. The summed E-state index contributed by atoms with van der Waals surface area (Å²) < 4.78 is 9.99. The van der Waals surface area contributed by atoms with Gasteiger partial charge in [0.2, 0.25) is 0 Å². The summed E-state index contributed by atoms with van der Waals surface area (Å²) in [5.74, 6) is -1.28. The van der Waals surface area contributed by atoms with E-state index in [4.69, 9.17) is 9.47 Å². The summed E-state index contributed by atoms with van der Waals surface area (Å²) >= 11 is 0. The van der Waals surface area contributed by atoms with E-state index in [0.29, 0.717) is 0 Å². The molecule has 0 fully saturated rings. The quantitative estimate of drug-likeness (QED) is 0.806. The van der Waals surface area contributed by atoms with Crippen molar-refractivity contribution in [3.05, 3.63) is 59.2 Å². The molecule has 6 heteroatoms. The van der Waals surface area contributed by atoms with Crippen molar-refractivity contribution in [2.75, 3.05) is 13.7 Å². The Morgan fingerprint density at radius 2 is 2.00 bits per heavy atom. The van der Waals surface area contributed by atoms with E-state index in [1.807, 2.05) is 18.2 Å². The lowest BCUT2D eigenvalue weighted by atomic mass is 9.88. The van der Waals surface area contributed by atoms with Crippen molar-refractivity contribution in [3.8, 4) is 11.5 Å². The molecule has 0 saturated carbocycles. The molecule has 6 nitrogen and oxygen atoms in total. The number of nitrogens with one attached hydrogen (secondary N) is 1. The molecule has 3 rings (SSSR count). The molecule has 1 atom stereocenters. The summed E-state index contributed by atoms with van der Waals surface area (Å²) in [5, 5.41) is 12.9. The Morgan fingerprint density at radius 1 is 1.19 bits per heavy atom. The Kier molecular flexibility index (Phi) is 5.41. The fourth-order valence-corrected chi connectivity index (χ4v) is 3.20. The summed E-state index contributed by atoms with van der Waals surface area (Å²) in [6.07, 6.45) is 2.86. The van der Waals surface area contributed by atoms with E-state index in [-0.39, 0.29) is 29.0 Å². The minimum atomic E-state index is -0.777. The first-order valence-electron chi connectivity index (χ1n) is 8.50. The van der Waals surface area contributed by atoms with E-state index in [1.165, 1.54) is 24.8 Å². The Morgan fingerprint density at radius 3 is 2.81 bits per heavy atom. The SMILES string of the molecule is COc1cccc(C(=O)OCC(=O)N[C@H]2CCCc3ccccc32)c1O. The van der Waals surface area contributed by atoms with Gasteiger partial charge in [0, 0.05) is 0 Å². The summed E-state index contributed by atoms with van der Waals surface area (Å²) in [4.78, 5) is 24.3. The number of methoxy groups -OCH3 is 1. The highest BCUT2D eigenvalue weighted by molar-refractivity contribution is 5.94. The monoisotopic (exact) mass is 355 g/mol. The number of phenolic OH excluding ortho intramolecular Hbond substituents is 1. The molecule has 0 saturated heterocycles. The summed E-state index contributed by atoms with van der Waals surface area (Å²) in [6.45, 7) is -0.409. The van der Waals surface area contributed by atoms with Gasteiger partial charge < -0.3 is 19.9 Å². The number of hydrogen-bond acceptors (Lipinski definition) is 5. The van der Waals surface area contributed by atoms with Gasteiger partial charge in [-0.2, -0.15) is 0 Å². The maximum absolute atomic E-state index is 12.2. The molecule has 2 aromatic rings. The number of carbonyl (C=O) groups excluding carboxylic acids is 2. The van der Waals surface area contributed by atoms with Crippen LogP contribution in [0.25, 0.3) is 0 Å². The van der Waals surface area contributed by atoms with E-state index >= 15 is 0 Å². The van der Waals surface area contributed by atoms with E-state index in [9.17, 15) is 14.7 Å². The zero-order chi connectivity index (χ0) is 18.5. The number of rotatable bonds is 5. The van der Waals surface area contributed by atoms with Crippen LogP contribution in [0, 0.1) is 0 Å². The van der Waals surface area contributed by atoms with Crippen LogP contribution in [0.15, 0.2) is 42.5 Å². The van der Waals surface area contributed by atoms with Gasteiger partial charge in [0.15, 0.2) is 18.1 Å². The highest BCUT2D eigenvalue weighted by Gasteiger charge is 2.22. The second-order valence-electron chi connectivity index (χ2n) is 6.14. The third kappa shape index (κ3) is 3.79. The van der Waals surface area contributed by atoms with Gasteiger partial charge in [0.05, 0.1) is 13.2 Å². The summed E-state index contributed by atoms with van der Waals surface area (Å²) in [6, 6.07) is 12.5. The highest BCUT2D eigenvalue weighted by atomic mass is 16.5. The molecular weight excluding hydrogens is 334 g/mol. The molecule has 0 spiro atoms. The molecule has 0 aliphatic heterocycles. The normalized spacial score (nSPS) is 15.7. The zero-order valence-electron chi connectivity index (χ0n) is 14.5. The van der Waals surface area contributed by atoms with Crippen molar-refractivity contribution in [1.29, 1.82) is 0 Å². The van der Waals surface area contributed by atoms with Crippen molar-refractivity contribution < 1.29 is 24.2 Å². The number of benzene rings is 2. The van der Waals surface area contributed by atoms with Gasteiger partial charge in [0.1, 0.15) is 5.56 Å². The Labute approximate surface area is 151 Å². The fourth-order valence-electron chi connectivity index (χ4n) is 3.20. The number of para-hydroxylation sites is 1. The van der Waals surface area contributed by atoms with Crippen molar-refractivity contribution >= 4 is 11.9 Å². The number of aryl methyl sites for hydroxylation is 1. The van der Waals surface area contributed by atoms with Crippen molar-refractivity contribution in [3.63, 3.8) is 0 Å². The highest BCUT2D eigenvalue weighted by Crippen LogP contribution is 2.30. The van der Waals surface area contributed by atoms with Crippen LogP contribution in [0.5, 0.6) is 11.5 Å². The number of hydrogen-bond donors (Lipinski definition) is 2. The minimum absolute atomic E-state index is 0.0415. The lowest BCUT2D eigenvalue weighted by molar-refractivity contribution is -0.125.